The zero-order valence-corrected chi connectivity index (χ0v) is 10.9. The van der Waals surface area contributed by atoms with Crippen LogP contribution < -0.4 is 0 Å². The molecule has 0 aromatic heterocycles. The van der Waals surface area contributed by atoms with Gasteiger partial charge >= 0.3 is 5.97 Å². The van der Waals surface area contributed by atoms with Gasteiger partial charge in [-0.2, -0.15) is 0 Å². The van der Waals surface area contributed by atoms with E-state index in [1.165, 1.54) is 11.8 Å². The summed E-state index contributed by atoms with van der Waals surface area (Å²) in [7, 11) is 0. The van der Waals surface area contributed by atoms with Crippen molar-refractivity contribution in [1.29, 1.82) is 0 Å². The highest BCUT2D eigenvalue weighted by Crippen LogP contribution is 2.28. The molecule has 90 valence electrons. The minimum Gasteiger partial charge on any atom is -0.480 e. The van der Waals surface area contributed by atoms with E-state index in [1.54, 1.807) is 11.8 Å². The Bertz CT molecular complexity index is 471. The number of carbonyl (C=O) groups excluding carboxylic acids is 1. The van der Waals surface area contributed by atoms with Gasteiger partial charge in [-0.05, 0) is 36.4 Å². The van der Waals surface area contributed by atoms with Crippen LogP contribution in [0.4, 0.5) is 0 Å². The van der Waals surface area contributed by atoms with E-state index in [2.05, 4.69) is 0 Å². The first-order valence-electron chi connectivity index (χ1n) is 5.16. The lowest BCUT2D eigenvalue weighted by Crippen LogP contribution is -2.18. The van der Waals surface area contributed by atoms with Crippen molar-refractivity contribution in [3.8, 4) is 0 Å². The number of carboxylic acids is 1. The van der Waals surface area contributed by atoms with Crippen molar-refractivity contribution in [1.82, 2.24) is 0 Å². The number of thioether (sulfide) groups is 2. The number of Topliss-reactive ketones (excluding diaryl/α,β-unsaturated/α-hetero) is 1. The molecule has 3 nitrogen and oxygen atoms in total. The third-order valence-corrected chi connectivity index (χ3v) is 4.63. The standard InChI is InChI=1S/C12H12O3S2/c1-16-8-2-3-9-7(4-8)5-11(12(14)15)17-6-10(9)13/h2-4,11H,5-6H2,1H3,(H,14,15). The Morgan fingerprint density at radius 2 is 2.29 bits per heavy atom. The molecule has 0 spiro atoms. The van der Waals surface area contributed by atoms with Crippen molar-refractivity contribution < 1.29 is 14.7 Å². The Morgan fingerprint density at radius 1 is 1.53 bits per heavy atom. The molecule has 0 saturated heterocycles. The molecule has 2 rings (SSSR count). The van der Waals surface area contributed by atoms with Crippen LogP contribution in [0, 0.1) is 0 Å². The summed E-state index contributed by atoms with van der Waals surface area (Å²) in [6.45, 7) is 0. The summed E-state index contributed by atoms with van der Waals surface area (Å²) in [5, 5.41) is 8.55. The number of aliphatic carboxylic acids is 1. The number of rotatable bonds is 2. The maximum atomic E-state index is 11.9. The molecule has 0 aliphatic carbocycles. The minimum absolute atomic E-state index is 0.0291. The van der Waals surface area contributed by atoms with E-state index in [1.807, 2.05) is 24.5 Å². The summed E-state index contributed by atoms with van der Waals surface area (Å²) < 4.78 is 0. The smallest absolute Gasteiger partial charge is 0.316 e. The third kappa shape index (κ3) is 2.66. The fourth-order valence-corrected chi connectivity index (χ4v) is 3.22. The number of hydrogen-bond donors (Lipinski definition) is 1. The summed E-state index contributed by atoms with van der Waals surface area (Å²) in [4.78, 5) is 24.0. The second-order valence-corrected chi connectivity index (χ2v) is 5.86. The molecule has 0 amide bonds. The van der Waals surface area contributed by atoms with Gasteiger partial charge in [-0.1, -0.05) is 0 Å². The Balaban J connectivity index is 2.41. The lowest BCUT2D eigenvalue weighted by atomic mass is 10.0. The molecule has 1 aromatic rings. The quantitative estimate of drug-likeness (QED) is 0.834. The van der Waals surface area contributed by atoms with Crippen molar-refractivity contribution in [3.63, 3.8) is 0 Å². The van der Waals surface area contributed by atoms with Gasteiger partial charge in [0.1, 0.15) is 5.25 Å². The largest absolute Gasteiger partial charge is 0.480 e. The SMILES string of the molecule is CSc1ccc2c(c1)CC(C(=O)O)SCC2=O. The van der Waals surface area contributed by atoms with Crippen LogP contribution in [0.5, 0.6) is 0 Å². The predicted molar refractivity (Wildman–Crippen MR) is 70.1 cm³/mol. The van der Waals surface area contributed by atoms with Crippen LogP contribution in [0.1, 0.15) is 15.9 Å². The number of carbonyl (C=O) groups is 2. The molecule has 5 heteroatoms. The van der Waals surface area contributed by atoms with E-state index in [4.69, 9.17) is 5.11 Å². The van der Waals surface area contributed by atoms with Crippen LogP contribution in [-0.2, 0) is 11.2 Å². The molecule has 0 saturated carbocycles. The maximum absolute atomic E-state index is 11.9. The second-order valence-electron chi connectivity index (χ2n) is 3.79. The second kappa shape index (κ2) is 5.14. The first kappa shape index (κ1) is 12.5. The zero-order chi connectivity index (χ0) is 12.4. The highest BCUT2D eigenvalue weighted by atomic mass is 32.2. The molecular formula is C12H12O3S2. The number of carboxylic acid groups (broad SMARTS) is 1. The van der Waals surface area contributed by atoms with Gasteiger partial charge in [0.05, 0.1) is 5.75 Å². The van der Waals surface area contributed by atoms with Gasteiger partial charge in [0.2, 0.25) is 0 Å². The molecule has 17 heavy (non-hydrogen) atoms. The first-order valence-corrected chi connectivity index (χ1v) is 7.43. The van der Waals surface area contributed by atoms with Gasteiger partial charge in [-0.3, -0.25) is 9.59 Å². The molecule has 1 aliphatic heterocycles. The zero-order valence-electron chi connectivity index (χ0n) is 9.30. The normalized spacial score (nSPS) is 19.6. The Hall–Kier alpha value is -0.940. The lowest BCUT2D eigenvalue weighted by Gasteiger charge is -2.09. The first-order chi connectivity index (χ1) is 8.11. The average molecular weight is 268 g/mol. The van der Waals surface area contributed by atoms with E-state index in [0.717, 1.165) is 10.5 Å². The van der Waals surface area contributed by atoms with Gasteiger partial charge < -0.3 is 5.11 Å². The van der Waals surface area contributed by atoms with Crippen molar-refractivity contribution in [2.24, 2.45) is 0 Å². The molecule has 1 aliphatic rings. The van der Waals surface area contributed by atoms with Crippen LogP contribution in [-0.4, -0.2) is 34.1 Å². The molecule has 1 atom stereocenters. The van der Waals surface area contributed by atoms with Gasteiger partial charge in [0, 0.05) is 10.5 Å². The van der Waals surface area contributed by atoms with Crippen LogP contribution in [0.15, 0.2) is 23.1 Å². The molecule has 1 unspecified atom stereocenters. The summed E-state index contributed by atoms with van der Waals surface area (Å²) in [6, 6.07) is 5.65. The van der Waals surface area contributed by atoms with E-state index < -0.39 is 11.2 Å². The molecule has 0 fully saturated rings. The van der Waals surface area contributed by atoms with Gasteiger partial charge in [0.25, 0.3) is 0 Å². The Kier molecular flexibility index (Phi) is 3.79. The van der Waals surface area contributed by atoms with E-state index in [9.17, 15) is 9.59 Å². The van der Waals surface area contributed by atoms with Crippen LogP contribution in [0.25, 0.3) is 0 Å². The van der Waals surface area contributed by atoms with Crippen molar-refractivity contribution in [2.75, 3.05) is 12.0 Å². The third-order valence-electron chi connectivity index (χ3n) is 2.71. The Labute approximate surface area is 108 Å². The van der Waals surface area contributed by atoms with E-state index >= 15 is 0 Å². The minimum atomic E-state index is -0.842. The molecule has 1 N–H and O–H groups in total. The van der Waals surface area contributed by atoms with Crippen molar-refractivity contribution >= 4 is 35.3 Å². The number of benzene rings is 1. The summed E-state index contributed by atoms with van der Waals surface area (Å²) >= 11 is 2.81. The van der Waals surface area contributed by atoms with Gasteiger partial charge in [-0.25, -0.2) is 0 Å². The molecule has 0 bridgehead atoms. The highest BCUT2D eigenvalue weighted by molar-refractivity contribution is 8.01. The average Bonchev–Trinajstić information content (AvgIpc) is 2.48. The van der Waals surface area contributed by atoms with Gasteiger partial charge in [0.15, 0.2) is 5.78 Å². The monoisotopic (exact) mass is 268 g/mol. The number of ketones is 1. The van der Waals surface area contributed by atoms with Crippen LogP contribution in [0.2, 0.25) is 0 Å². The topological polar surface area (TPSA) is 54.4 Å². The fourth-order valence-electron chi connectivity index (χ4n) is 1.81. The van der Waals surface area contributed by atoms with E-state index in [0.29, 0.717) is 12.0 Å². The number of hydrogen-bond acceptors (Lipinski definition) is 4. The highest BCUT2D eigenvalue weighted by Gasteiger charge is 2.26. The maximum Gasteiger partial charge on any atom is 0.316 e. The van der Waals surface area contributed by atoms with Crippen LogP contribution >= 0.6 is 23.5 Å². The van der Waals surface area contributed by atoms with Crippen LogP contribution in [0.3, 0.4) is 0 Å². The van der Waals surface area contributed by atoms with Gasteiger partial charge in [-0.15, -0.1) is 23.5 Å². The van der Waals surface area contributed by atoms with E-state index in [-0.39, 0.29) is 11.5 Å². The Morgan fingerprint density at radius 3 is 2.94 bits per heavy atom. The van der Waals surface area contributed by atoms with Crippen molar-refractivity contribution in [3.05, 3.63) is 29.3 Å². The summed E-state index contributed by atoms with van der Waals surface area (Å²) in [6.07, 6.45) is 2.39. The summed E-state index contributed by atoms with van der Waals surface area (Å²) in [5.41, 5.74) is 1.54. The molecule has 0 radical (unpaired) electrons. The predicted octanol–water partition coefficient (Wildman–Crippen LogP) is 2.33. The molecular weight excluding hydrogens is 256 g/mol. The van der Waals surface area contributed by atoms with Crippen molar-refractivity contribution in [2.45, 2.75) is 16.6 Å². The fraction of sp³-hybridized carbons (Fsp3) is 0.333. The summed E-state index contributed by atoms with van der Waals surface area (Å²) in [5.74, 6) is -0.561. The lowest BCUT2D eigenvalue weighted by molar-refractivity contribution is -0.136. The molecule has 1 heterocycles. The number of fused-ring (bicyclic) bond motifs is 1. The molecule has 1 aromatic carbocycles.